The van der Waals surface area contributed by atoms with Crippen molar-refractivity contribution in [1.82, 2.24) is 15.0 Å². The zero-order valence-corrected chi connectivity index (χ0v) is 14.7. The van der Waals surface area contributed by atoms with Gasteiger partial charge in [0.25, 0.3) is 0 Å². The average molecular weight is 363 g/mol. The van der Waals surface area contributed by atoms with Crippen molar-refractivity contribution in [3.63, 3.8) is 0 Å². The van der Waals surface area contributed by atoms with Crippen molar-refractivity contribution in [2.45, 2.75) is 32.0 Å². The second-order valence-corrected chi connectivity index (χ2v) is 7.26. The summed E-state index contributed by atoms with van der Waals surface area (Å²) in [5.74, 6) is 1.65. The van der Waals surface area contributed by atoms with E-state index >= 15 is 0 Å². The third-order valence-corrected chi connectivity index (χ3v) is 5.55. The van der Waals surface area contributed by atoms with Crippen LogP contribution in [0.25, 0.3) is 10.7 Å². The molecule has 134 valence electrons. The minimum Gasteiger partial charge on any atom is -0.350 e. The second kappa shape index (κ2) is 7.63. The third kappa shape index (κ3) is 3.91. The van der Waals surface area contributed by atoms with E-state index in [1.807, 2.05) is 22.4 Å². The van der Waals surface area contributed by atoms with Gasteiger partial charge in [-0.25, -0.2) is 0 Å². The number of amides is 1. The Morgan fingerprint density at radius 3 is 2.80 bits per heavy atom. The monoisotopic (exact) mass is 363 g/mol. The standard InChI is InChI=1S/C17H21N3O4S/c21-15(20-7-5-12(6-8-20)17-22-9-10-23-17)4-3-14-18-16(19-24-14)13-2-1-11-25-13/h1-2,11-12,17H,3-10H2. The van der Waals surface area contributed by atoms with Gasteiger partial charge in [-0.2, -0.15) is 4.98 Å². The number of aryl methyl sites for hydroxylation is 1. The van der Waals surface area contributed by atoms with E-state index < -0.39 is 0 Å². The lowest BCUT2D eigenvalue weighted by molar-refractivity contribution is -0.136. The molecule has 2 saturated heterocycles. The zero-order valence-electron chi connectivity index (χ0n) is 13.9. The zero-order chi connectivity index (χ0) is 17.1. The predicted molar refractivity (Wildman–Crippen MR) is 90.9 cm³/mol. The molecule has 8 heteroatoms. The highest BCUT2D eigenvalue weighted by atomic mass is 32.1. The van der Waals surface area contributed by atoms with Crippen molar-refractivity contribution in [3.8, 4) is 10.7 Å². The lowest BCUT2D eigenvalue weighted by atomic mass is 9.96. The molecule has 2 aromatic heterocycles. The number of likely N-dealkylation sites (tertiary alicyclic amines) is 1. The smallest absolute Gasteiger partial charge is 0.227 e. The molecule has 4 heterocycles. The number of ether oxygens (including phenoxy) is 2. The largest absolute Gasteiger partial charge is 0.350 e. The molecule has 2 aliphatic heterocycles. The minimum absolute atomic E-state index is 0.0775. The Morgan fingerprint density at radius 2 is 2.08 bits per heavy atom. The first-order valence-electron chi connectivity index (χ1n) is 8.67. The molecule has 1 amide bonds. The Morgan fingerprint density at radius 1 is 1.28 bits per heavy atom. The van der Waals surface area contributed by atoms with Crippen LogP contribution < -0.4 is 0 Å². The van der Waals surface area contributed by atoms with Gasteiger partial charge in [0.05, 0.1) is 18.1 Å². The van der Waals surface area contributed by atoms with Crippen molar-refractivity contribution in [1.29, 1.82) is 0 Å². The summed E-state index contributed by atoms with van der Waals surface area (Å²) in [5, 5.41) is 5.95. The molecule has 2 aromatic rings. The van der Waals surface area contributed by atoms with Gasteiger partial charge >= 0.3 is 0 Å². The van der Waals surface area contributed by atoms with E-state index in [-0.39, 0.29) is 12.2 Å². The van der Waals surface area contributed by atoms with Crippen LogP contribution in [0.1, 0.15) is 25.2 Å². The SMILES string of the molecule is O=C(CCc1nc(-c2cccs2)no1)N1CCC(C2OCCO2)CC1. The molecule has 2 aliphatic rings. The Kier molecular flexibility index (Phi) is 5.09. The number of hydrogen-bond acceptors (Lipinski definition) is 7. The maximum atomic E-state index is 12.4. The van der Waals surface area contributed by atoms with Crippen LogP contribution in [0.15, 0.2) is 22.0 Å². The molecule has 2 fully saturated rings. The van der Waals surface area contributed by atoms with E-state index in [0.717, 1.165) is 30.8 Å². The van der Waals surface area contributed by atoms with Gasteiger partial charge in [-0.15, -0.1) is 11.3 Å². The first kappa shape index (κ1) is 16.7. The molecule has 0 spiro atoms. The molecule has 0 saturated carbocycles. The van der Waals surface area contributed by atoms with Gasteiger partial charge in [-0.3, -0.25) is 4.79 Å². The Labute approximate surface area is 149 Å². The fraction of sp³-hybridized carbons (Fsp3) is 0.588. The molecule has 0 unspecified atom stereocenters. The molecular weight excluding hydrogens is 342 g/mol. The van der Waals surface area contributed by atoms with E-state index in [1.54, 1.807) is 11.3 Å². The van der Waals surface area contributed by atoms with Gasteiger partial charge in [-0.1, -0.05) is 11.2 Å². The third-order valence-electron chi connectivity index (χ3n) is 4.69. The summed E-state index contributed by atoms with van der Waals surface area (Å²) in [4.78, 5) is 19.7. The van der Waals surface area contributed by atoms with Crippen LogP contribution in [0.4, 0.5) is 0 Å². The molecule has 0 aliphatic carbocycles. The quantitative estimate of drug-likeness (QED) is 0.811. The number of carbonyl (C=O) groups excluding carboxylic acids is 1. The number of carbonyl (C=O) groups is 1. The molecule has 0 bridgehead atoms. The fourth-order valence-corrected chi connectivity index (χ4v) is 3.95. The molecule has 25 heavy (non-hydrogen) atoms. The predicted octanol–water partition coefficient (Wildman–Crippen LogP) is 2.34. The van der Waals surface area contributed by atoms with Crippen molar-refractivity contribution >= 4 is 17.2 Å². The molecule has 0 radical (unpaired) electrons. The Bertz CT molecular complexity index is 689. The van der Waals surface area contributed by atoms with Crippen LogP contribution in [-0.2, 0) is 20.7 Å². The number of piperidine rings is 1. The van der Waals surface area contributed by atoms with E-state index in [4.69, 9.17) is 14.0 Å². The number of aromatic nitrogens is 2. The highest BCUT2D eigenvalue weighted by Crippen LogP contribution is 2.26. The summed E-state index contributed by atoms with van der Waals surface area (Å²) in [6.07, 6.45) is 2.66. The van der Waals surface area contributed by atoms with Gasteiger partial charge in [-0.05, 0) is 24.3 Å². The summed E-state index contributed by atoms with van der Waals surface area (Å²) >= 11 is 1.57. The molecule has 7 nitrogen and oxygen atoms in total. The number of rotatable bonds is 5. The van der Waals surface area contributed by atoms with Gasteiger partial charge in [0.15, 0.2) is 6.29 Å². The Balaban J connectivity index is 1.24. The fourth-order valence-electron chi connectivity index (χ4n) is 3.30. The van der Waals surface area contributed by atoms with Crippen molar-refractivity contribution in [3.05, 3.63) is 23.4 Å². The van der Waals surface area contributed by atoms with Gasteiger partial charge in [0.1, 0.15) is 0 Å². The van der Waals surface area contributed by atoms with Crippen LogP contribution in [-0.4, -0.2) is 53.5 Å². The first-order valence-corrected chi connectivity index (χ1v) is 9.55. The van der Waals surface area contributed by atoms with Crippen LogP contribution in [0.5, 0.6) is 0 Å². The first-order chi connectivity index (χ1) is 12.3. The molecule has 4 rings (SSSR count). The highest BCUT2D eigenvalue weighted by molar-refractivity contribution is 7.13. The van der Waals surface area contributed by atoms with Crippen LogP contribution >= 0.6 is 11.3 Å². The van der Waals surface area contributed by atoms with E-state index in [0.29, 0.717) is 43.7 Å². The van der Waals surface area contributed by atoms with Crippen LogP contribution in [0.2, 0.25) is 0 Å². The molecular formula is C17H21N3O4S. The second-order valence-electron chi connectivity index (χ2n) is 6.32. The van der Waals surface area contributed by atoms with Crippen molar-refractivity contribution < 1.29 is 18.8 Å². The van der Waals surface area contributed by atoms with Crippen molar-refractivity contribution in [2.24, 2.45) is 5.92 Å². The normalized spacial score (nSPS) is 19.6. The maximum Gasteiger partial charge on any atom is 0.227 e. The van der Waals surface area contributed by atoms with Crippen molar-refractivity contribution in [2.75, 3.05) is 26.3 Å². The summed E-state index contributed by atoms with van der Waals surface area (Å²) in [6.45, 7) is 2.89. The maximum absolute atomic E-state index is 12.4. The van der Waals surface area contributed by atoms with E-state index in [9.17, 15) is 4.79 Å². The van der Waals surface area contributed by atoms with Gasteiger partial charge in [0.2, 0.25) is 17.6 Å². The average Bonchev–Trinajstić information content (AvgIpc) is 3.42. The van der Waals surface area contributed by atoms with Gasteiger partial charge in [0, 0.05) is 31.8 Å². The summed E-state index contributed by atoms with van der Waals surface area (Å²) in [5.41, 5.74) is 0. The molecule has 0 N–H and O–H groups in total. The van der Waals surface area contributed by atoms with Crippen LogP contribution in [0, 0.1) is 5.92 Å². The van der Waals surface area contributed by atoms with Crippen LogP contribution in [0.3, 0.4) is 0 Å². The lowest BCUT2D eigenvalue weighted by Gasteiger charge is -2.33. The summed E-state index contributed by atoms with van der Waals surface area (Å²) < 4.78 is 16.4. The van der Waals surface area contributed by atoms with E-state index in [1.165, 1.54) is 0 Å². The summed E-state index contributed by atoms with van der Waals surface area (Å²) in [7, 11) is 0. The molecule has 0 aromatic carbocycles. The highest BCUT2D eigenvalue weighted by Gasteiger charge is 2.31. The number of thiophene rings is 1. The number of hydrogen-bond donors (Lipinski definition) is 0. The topological polar surface area (TPSA) is 77.7 Å². The minimum atomic E-state index is -0.0775. The lowest BCUT2D eigenvalue weighted by Crippen LogP contribution is -2.41. The molecule has 0 atom stereocenters. The Hall–Kier alpha value is -1.77. The summed E-state index contributed by atoms with van der Waals surface area (Å²) in [6, 6.07) is 3.90. The van der Waals surface area contributed by atoms with E-state index in [2.05, 4.69) is 10.1 Å². The van der Waals surface area contributed by atoms with Gasteiger partial charge < -0.3 is 18.9 Å². The number of nitrogens with zero attached hydrogens (tertiary/aromatic N) is 3.